The zero-order valence-electron chi connectivity index (χ0n) is 12.1. The Kier molecular flexibility index (Phi) is 3.80. The van der Waals surface area contributed by atoms with E-state index in [1.54, 1.807) is 0 Å². The number of benzene rings is 2. The minimum Gasteiger partial charge on any atom is -0.491 e. The molecule has 0 saturated carbocycles. The monoisotopic (exact) mass is 286 g/mol. The van der Waals surface area contributed by atoms with Crippen LogP contribution in [0.15, 0.2) is 42.5 Å². The van der Waals surface area contributed by atoms with Crippen LogP contribution in [0.4, 0.5) is 10.1 Å². The van der Waals surface area contributed by atoms with Crippen LogP contribution in [0.5, 0.6) is 5.75 Å². The first kappa shape index (κ1) is 13.9. The lowest BCUT2D eigenvalue weighted by Gasteiger charge is -2.23. The van der Waals surface area contributed by atoms with Gasteiger partial charge in [-0.15, -0.1) is 0 Å². The Morgan fingerprint density at radius 1 is 1.24 bits per heavy atom. The molecule has 2 aromatic carbocycles. The smallest absolute Gasteiger partial charge is 0.146 e. The number of halogens is 1. The van der Waals surface area contributed by atoms with E-state index in [4.69, 9.17) is 10.5 Å². The summed E-state index contributed by atoms with van der Waals surface area (Å²) in [5, 5.41) is 0. The summed E-state index contributed by atoms with van der Waals surface area (Å²) in [7, 11) is 0. The minimum atomic E-state index is -0.232. The standard InChI is InChI=1S/C17H19FN2O/c1-12(19)13-6-7-16(15(18)10-13)20-8-9-21-17-5-3-2-4-14(17)11-20/h2-7,10,12H,8-9,11,19H2,1H3. The van der Waals surface area contributed by atoms with Crippen LogP contribution in [0.3, 0.4) is 0 Å². The molecule has 0 fully saturated rings. The molecule has 3 nitrogen and oxygen atoms in total. The van der Waals surface area contributed by atoms with Gasteiger partial charge in [0.25, 0.3) is 0 Å². The zero-order valence-corrected chi connectivity index (χ0v) is 12.1. The van der Waals surface area contributed by atoms with Crippen LogP contribution >= 0.6 is 0 Å². The van der Waals surface area contributed by atoms with E-state index in [1.807, 2.05) is 48.2 Å². The Bertz CT molecular complexity index is 642. The normalized spacial score (nSPS) is 15.9. The van der Waals surface area contributed by atoms with Crippen LogP contribution in [-0.4, -0.2) is 13.2 Å². The van der Waals surface area contributed by atoms with Gasteiger partial charge in [-0.2, -0.15) is 0 Å². The zero-order chi connectivity index (χ0) is 14.8. The van der Waals surface area contributed by atoms with Crippen LogP contribution < -0.4 is 15.4 Å². The Labute approximate surface area is 124 Å². The maximum absolute atomic E-state index is 14.4. The summed E-state index contributed by atoms with van der Waals surface area (Å²) >= 11 is 0. The lowest BCUT2D eigenvalue weighted by Crippen LogP contribution is -2.26. The van der Waals surface area contributed by atoms with Crippen LogP contribution in [0.1, 0.15) is 24.1 Å². The number of para-hydroxylation sites is 1. The molecule has 0 spiro atoms. The van der Waals surface area contributed by atoms with Crippen molar-refractivity contribution in [2.24, 2.45) is 5.73 Å². The van der Waals surface area contributed by atoms with Crippen molar-refractivity contribution in [2.45, 2.75) is 19.5 Å². The molecular weight excluding hydrogens is 267 g/mol. The van der Waals surface area contributed by atoms with E-state index in [1.165, 1.54) is 6.07 Å². The van der Waals surface area contributed by atoms with Gasteiger partial charge in [-0.05, 0) is 30.7 Å². The largest absolute Gasteiger partial charge is 0.491 e. The topological polar surface area (TPSA) is 38.5 Å². The van der Waals surface area contributed by atoms with Gasteiger partial charge < -0.3 is 15.4 Å². The van der Waals surface area contributed by atoms with Gasteiger partial charge in [0.05, 0.1) is 12.2 Å². The molecule has 110 valence electrons. The SMILES string of the molecule is CC(N)c1ccc(N2CCOc3ccccc3C2)c(F)c1. The summed E-state index contributed by atoms with van der Waals surface area (Å²) in [6.45, 7) is 3.70. The number of fused-ring (bicyclic) bond motifs is 1. The van der Waals surface area contributed by atoms with Crippen molar-refractivity contribution in [3.63, 3.8) is 0 Å². The molecule has 4 heteroatoms. The molecule has 1 aliphatic heterocycles. The molecular formula is C17H19FN2O. The molecule has 1 unspecified atom stereocenters. The lowest BCUT2D eigenvalue weighted by atomic mass is 10.1. The highest BCUT2D eigenvalue weighted by Gasteiger charge is 2.18. The first-order chi connectivity index (χ1) is 10.1. The highest BCUT2D eigenvalue weighted by Crippen LogP contribution is 2.28. The van der Waals surface area contributed by atoms with Gasteiger partial charge in [0, 0.05) is 18.2 Å². The molecule has 0 aliphatic carbocycles. The highest BCUT2D eigenvalue weighted by molar-refractivity contribution is 5.51. The second-order valence-corrected chi connectivity index (χ2v) is 5.38. The van der Waals surface area contributed by atoms with E-state index >= 15 is 0 Å². The Hall–Kier alpha value is -2.07. The van der Waals surface area contributed by atoms with Crippen LogP contribution in [0.25, 0.3) is 0 Å². The van der Waals surface area contributed by atoms with Crippen molar-refractivity contribution >= 4 is 5.69 Å². The summed E-state index contributed by atoms with van der Waals surface area (Å²) in [5.74, 6) is 0.650. The molecule has 0 bridgehead atoms. The van der Waals surface area contributed by atoms with E-state index in [9.17, 15) is 4.39 Å². The number of nitrogens with zero attached hydrogens (tertiary/aromatic N) is 1. The van der Waals surface area contributed by atoms with Gasteiger partial charge in [0.2, 0.25) is 0 Å². The quantitative estimate of drug-likeness (QED) is 0.921. The van der Waals surface area contributed by atoms with Crippen molar-refractivity contribution < 1.29 is 9.13 Å². The van der Waals surface area contributed by atoms with Crippen LogP contribution in [0.2, 0.25) is 0 Å². The Balaban J connectivity index is 1.91. The van der Waals surface area contributed by atoms with E-state index in [2.05, 4.69) is 0 Å². The van der Waals surface area contributed by atoms with Gasteiger partial charge >= 0.3 is 0 Å². The minimum absolute atomic E-state index is 0.165. The van der Waals surface area contributed by atoms with Gasteiger partial charge in [-0.3, -0.25) is 0 Å². The Morgan fingerprint density at radius 2 is 2.05 bits per heavy atom. The summed E-state index contributed by atoms with van der Waals surface area (Å²) in [5.41, 5.74) is 8.28. The van der Waals surface area contributed by atoms with Crippen molar-refractivity contribution in [1.82, 2.24) is 0 Å². The molecule has 1 aliphatic rings. The average molecular weight is 286 g/mol. The summed E-state index contributed by atoms with van der Waals surface area (Å²) < 4.78 is 20.1. The maximum atomic E-state index is 14.4. The van der Waals surface area contributed by atoms with Gasteiger partial charge in [0.15, 0.2) is 0 Å². The third kappa shape index (κ3) is 2.85. The van der Waals surface area contributed by atoms with E-state index in [-0.39, 0.29) is 11.9 Å². The number of hydrogen-bond acceptors (Lipinski definition) is 3. The highest BCUT2D eigenvalue weighted by atomic mass is 19.1. The predicted octanol–water partition coefficient (Wildman–Crippen LogP) is 3.24. The molecule has 0 radical (unpaired) electrons. The average Bonchev–Trinajstić information content (AvgIpc) is 2.69. The first-order valence-corrected chi connectivity index (χ1v) is 7.16. The number of anilines is 1. The van der Waals surface area contributed by atoms with E-state index in [0.717, 1.165) is 16.9 Å². The van der Waals surface area contributed by atoms with Crippen molar-refractivity contribution in [2.75, 3.05) is 18.1 Å². The lowest BCUT2D eigenvalue weighted by molar-refractivity contribution is 0.331. The first-order valence-electron chi connectivity index (χ1n) is 7.16. The molecule has 1 heterocycles. The predicted molar refractivity (Wildman–Crippen MR) is 82.0 cm³/mol. The fourth-order valence-electron chi connectivity index (χ4n) is 2.59. The van der Waals surface area contributed by atoms with Crippen molar-refractivity contribution in [1.29, 1.82) is 0 Å². The second kappa shape index (κ2) is 5.74. The molecule has 2 aromatic rings. The molecule has 0 aromatic heterocycles. The molecule has 1 atom stereocenters. The molecule has 0 saturated heterocycles. The van der Waals surface area contributed by atoms with Gasteiger partial charge in [-0.1, -0.05) is 24.3 Å². The molecule has 3 rings (SSSR count). The van der Waals surface area contributed by atoms with Crippen LogP contribution in [0, 0.1) is 5.82 Å². The van der Waals surface area contributed by atoms with Gasteiger partial charge in [0.1, 0.15) is 18.2 Å². The number of nitrogens with two attached hydrogens (primary N) is 1. The molecule has 2 N–H and O–H groups in total. The van der Waals surface area contributed by atoms with E-state index < -0.39 is 0 Å². The van der Waals surface area contributed by atoms with Gasteiger partial charge in [-0.25, -0.2) is 4.39 Å². The number of ether oxygens (including phenoxy) is 1. The molecule has 0 amide bonds. The third-order valence-corrected chi connectivity index (χ3v) is 3.79. The second-order valence-electron chi connectivity index (χ2n) is 5.38. The number of hydrogen-bond donors (Lipinski definition) is 1. The number of rotatable bonds is 2. The van der Waals surface area contributed by atoms with Crippen molar-refractivity contribution in [3.05, 3.63) is 59.4 Å². The van der Waals surface area contributed by atoms with E-state index in [0.29, 0.717) is 25.4 Å². The molecule has 21 heavy (non-hydrogen) atoms. The fourth-order valence-corrected chi connectivity index (χ4v) is 2.59. The summed E-state index contributed by atoms with van der Waals surface area (Å²) in [6, 6.07) is 13.0. The fraction of sp³-hybridized carbons (Fsp3) is 0.294. The Morgan fingerprint density at radius 3 is 2.81 bits per heavy atom. The third-order valence-electron chi connectivity index (χ3n) is 3.79. The van der Waals surface area contributed by atoms with Crippen LogP contribution in [-0.2, 0) is 6.54 Å². The summed E-state index contributed by atoms with van der Waals surface area (Å²) in [6.07, 6.45) is 0. The maximum Gasteiger partial charge on any atom is 0.146 e. The summed E-state index contributed by atoms with van der Waals surface area (Å²) in [4.78, 5) is 2.01. The van der Waals surface area contributed by atoms with Crippen molar-refractivity contribution in [3.8, 4) is 5.75 Å².